The zero-order chi connectivity index (χ0) is 20.1. The molecule has 0 unspecified atom stereocenters. The minimum Gasteiger partial charge on any atom is -0.495 e. The van der Waals surface area contributed by atoms with Gasteiger partial charge in [-0.15, -0.1) is 0 Å². The Morgan fingerprint density at radius 2 is 1.64 bits per heavy atom. The van der Waals surface area contributed by atoms with Gasteiger partial charge in [-0.1, -0.05) is 41.9 Å². The average Bonchev–Trinajstić information content (AvgIpc) is 2.68. The third-order valence-electron chi connectivity index (χ3n) is 3.86. The molecule has 6 nitrogen and oxygen atoms in total. The van der Waals surface area contributed by atoms with Crippen molar-refractivity contribution in [3.63, 3.8) is 0 Å². The van der Waals surface area contributed by atoms with Crippen LogP contribution in [0.3, 0.4) is 0 Å². The number of ether oxygens (including phenoxy) is 1. The molecule has 0 saturated heterocycles. The van der Waals surface area contributed by atoms with E-state index in [2.05, 4.69) is 10.0 Å². The minimum absolute atomic E-state index is 0.0714. The fourth-order valence-electron chi connectivity index (χ4n) is 2.52. The SMILES string of the molecule is COc1ccc(C(=O)Nc2ccccc2)cc1NS(=O)(=O)c1ccccc1Cl. The van der Waals surface area contributed by atoms with E-state index >= 15 is 0 Å². The van der Waals surface area contributed by atoms with Crippen molar-refractivity contribution in [1.82, 2.24) is 0 Å². The quantitative estimate of drug-likeness (QED) is 0.623. The van der Waals surface area contributed by atoms with Gasteiger partial charge in [-0.25, -0.2) is 8.42 Å². The molecule has 0 spiro atoms. The lowest BCUT2D eigenvalue weighted by atomic mass is 10.1. The Hall–Kier alpha value is -3.03. The van der Waals surface area contributed by atoms with E-state index < -0.39 is 10.0 Å². The smallest absolute Gasteiger partial charge is 0.263 e. The highest BCUT2D eigenvalue weighted by Gasteiger charge is 2.20. The fraction of sp³-hybridized carbons (Fsp3) is 0.0500. The number of para-hydroxylation sites is 1. The number of sulfonamides is 1. The van der Waals surface area contributed by atoms with Gasteiger partial charge >= 0.3 is 0 Å². The molecule has 0 bridgehead atoms. The van der Waals surface area contributed by atoms with Gasteiger partial charge in [0, 0.05) is 11.3 Å². The normalized spacial score (nSPS) is 10.9. The molecule has 0 radical (unpaired) electrons. The number of benzene rings is 3. The van der Waals surface area contributed by atoms with Crippen LogP contribution >= 0.6 is 11.6 Å². The Morgan fingerprint density at radius 3 is 2.32 bits per heavy atom. The largest absolute Gasteiger partial charge is 0.495 e. The van der Waals surface area contributed by atoms with Crippen LogP contribution in [0, 0.1) is 0 Å². The summed E-state index contributed by atoms with van der Waals surface area (Å²) in [5, 5.41) is 2.84. The third kappa shape index (κ3) is 4.44. The number of rotatable bonds is 6. The molecule has 8 heteroatoms. The van der Waals surface area contributed by atoms with E-state index in [1.807, 2.05) is 6.07 Å². The summed E-state index contributed by atoms with van der Waals surface area (Å²) in [7, 11) is -2.56. The lowest BCUT2D eigenvalue weighted by Gasteiger charge is -2.14. The Kier molecular flexibility index (Phi) is 5.87. The van der Waals surface area contributed by atoms with Gasteiger partial charge in [-0.05, 0) is 42.5 Å². The van der Waals surface area contributed by atoms with Crippen LogP contribution in [0.1, 0.15) is 10.4 Å². The first-order valence-corrected chi connectivity index (χ1v) is 10.1. The van der Waals surface area contributed by atoms with Gasteiger partial charge < -0.3 is 10.1 Å². The van der Waals surface area contributed by atoms with Crippen molar-refractivity contribution < 1.29 is 17.9 Å². The van der Waals surface area contributed by atoms with Crippen LogP contribution in [-0.4, -0.2) is 21.4 Å². The van der Waals surface area contributed by atoms with E-state index in [0.717, 1.165) is 0 Å². The highest BCUT2D eigenvalue weighted by molar-refractivity contribution is 7.92. The number of carbonyl (C=O) groups excluding carboxylic acids is 1. The summed E-state index contributed by atoms with van der Waals surface area (Å²) in [5.74, 6) is -0.112. The average molecular weight is 417 g/mol. The molecule has 0 saturated carbocycles. The van der Waals surface area contributed by atoms with Gasteiger partial charge in [-0.2, -0.15) is 0 Å². The number of hydrogen-bond acceptors (Lipinski definition) is 4. The highest BCUT2D eigenvalue weighted by atomic mass is 35.5. The molecule has 144 valence electrons. The van der Waals surface area contributed by atoms with E-state index in [9.17, 15) is 13.2 Å². The summed E-state index contributed by atoms with van der Waals surface area (Å²) in [6, 6.07) is 19.5. The Labute approximate surface area is 168 Å². The van der Waals surface area contributed by atoms with E-state index in [4.69, 9.17) is 16.3 Å². The van der Waals surface area contributed by atoms with Gasteiger partial charge in [0.05, 0.1) is 17.8 Å². The molecule has 3 rings (SSSR count). The summed E-state index contributed by atoms with van der Waals surface area (Å²) >= 11 is 6.01. The molecule has 0 fully saturated rings. The summed E-state index contributed by atoms with van der Waals surface area (Å²) in [6.07, 6.45) is 0. The van der Waals surface area contributed by atoms with E-state index in [0.29, 0.717) is 5.69 Å². The van der Waals surface area contributed by atoms with E-state index in [1.165, 1.54) is 31.4 Å². The number of methoxy groups -OCH3 is 1. The molecule has 0 atom stereocenters. The number of anilines is 2. The highest BCUT2D eigenvalue weighted by Crippen LogP contribution is 2.30. The number of carbonyl (C=O) groups is 1. The van der Waals surface area contributed by atoms with Crippen LogP contribution in [0.25, 0.3) is 0 Å². The predicted octanol–water partition coefficient (Wildman–Crippen LogP) is 4.40. The molecule has 28 heavy (non-hydrogen) atoms. The lowest BCUT2D eigenvalue weighted by molar-refractivity contribution is 0.102. The van der Waals surface area contributed by atoms with Crippen LogP contribution in [0.4, 0.5) is 11.4 Å². The van der Waals surface area contributed by atoms with E-state index in [1.54, 1.807) is 42.5 Å². The molecule has 0 aromatic heterocycles. The van der Waals surface area contributed by atoms with Crippen molar-refractivity contribution in [2.45, 2.75) is 4.90 Å². The molecular weight excluding hydrogens is 400 g/mol. The maximum absolute atomic E-state index is 12.7. The minimum atomic E-state index is -3.97. The number of nitrogens with one attached hydrogen (secondary N) is 2. The second-order valence-electron chi connectivity index (χ2n) is 5.77. The van der Waals surface area contributed by atoms with Crippen molar-refractivity contribution in [2.24, 2.45) is 0 Å². The zero-order valence-corrected chi connectivity index (χ0v) is 16.4. The molecule has 3 aromatic carbocycles. The summed E-state index contributed by atoms with van der Waals surface area (Å²) < 4.78 is 33.1. The van der Waals surface area contributed by atoms with Crippen LogP contribution < -0.4 is 14.8 Å². The van der Waals surface area contributed by atoms with Gasteiger partial charge in [0.1, 0.15) is 10.6 Å². The van der Waals surface area contributed by atoms with Crippen LogP contribution in [0.15, 0.2) is 77.7 Å². The first-order valence-electron chi connectivity index (χ1n) is 8.22. The number of halogens is 1. The molecule has 2 N–H and O–H groups in total. The number of amides is 1. The molecule has 0 aliphatic carbocycles. The second-order valence-corrected chi connectivity index (χ2v) is 7.83. The lowest BCUT2D eigenvalue weighted by Crippen LogP contribution is -2.16. The van der Waals surface area contributed by atoms with Crippen LogP contribution in [-0.2, 0) is 10.0 Å². The molecular formula is C20H17ClN2O4S. The Balaban J connectivity index is 1.91. The van der Waals surface area contributed by atoms with Crippen molar-refractivity contribution >= 4 is 38.9 Å². The molecule has 1 amide bonds. The Bertz CT molecular complexity index is 1100. The third-order valence-corrected chi connectivity index (χ3v) is 5.73. The van der Waals surface area contributed by atoms with Crippen molar-refractivity contribution in [2.75, 3.05) is 17.1 Å². The second kappa shape index (κ2) is 8.33. The van der Waals surface area contributed by atoms with Gasteiger partial charge in [-0.3, -0.25) is 9.52 Å². The van der Waals surface area contributed by atoms with E-state index in [-0.39, 0.29) is 32.8 Å². The van der Waals surface area contributed by atoms with Crippen molar-refractivity contribution in [3.8, 4) is 5.75 Å². The summed E-state index contributed by atoms with van der Waals surface area (Å²) in [5.41, 5.74) is 1.02. The van der Waals surface area contributed by atoms with Gasteiger partial charge in [0.15, 0.2) is 0 Å². The maximum atomic E-state index is 12.7. The zero-order valence-electron chi connectivity index (χ0n) is 14.8. The topological polar surface area (TPSA) is 84.5 Å². The van der Waals surface area contributed by atoms with Crippen molar-refractivity contribution in [1.29, 1.82) is 0 Å². The molecule has 0 heterocycles. The predicted molar refractivity (Wildman–Crippen MR) is 110 cm³/mol. The molecule has 3 aromatic rings. The van der Waals surface area contributed by atoms with Crippen molar-refractivity contribution in [3.05, 3.63) is 83.4 Å². The Morgan fingerprint density at radius 1 is 0.964 bits per heavy atom. The summed E-state index contributed by atoms with van der Waals surface area (Å²) in [4.78, 5) is 12.4. The first kappa shape index (κ1) is 19.7. The van der Waals surface area contributed by atoms with Gasteiger partial charge in [0.2, 0.25) is 0 Å². The molecule has 0 aliphatic heterocycles. The standard InChI is InChI=1S/C20H17ClN2O4S/c1-27-18-12-11-14(20(24)22-15-7-3-2-4-8-15)13-17(18)23-28(25,26)19-10-6-5-9-16(19)21/h2-13,23H,1H3,(H,22,24). The van der Waals surface area contributed by atoms with Crippen LogP contribution in [0.5, 0.6) is 5.75 Å². The fourth-order valence-corrected chi connectivity index (χ4v) is 4.10. The van der Waals surface area contributed by atoms with Crippen LogP contribution in [0.2, 0.25) is 5.02 Å². The maximum Gasteiger partial charge on any atom is 0.263 e. The number of hydrogen-bond donors (Lipinski definition) is 2. The van der Waals surface area contributed by atoms with Gasteiger partial charge in [0.25, 0.3) is 15.9 Å². The monoisotopic (exact) mass is 416 g/mol. The first-order chi connectivity index (χ1) is 13.4. The summed E-state index contributed by atoms with van der Waals surface area (Å²) in [6.45, 7) is 0. The molecule has 0 aliphatic rings.